The zero-order chi connectivity index (χ0) is 14.4. The van der Waals surface area contributed by atoms with Crippen molar-refractivity contribution in [3.63, 3.8) is 0 Å². The average Bonchev–Trinajstić information content (AvgIpc) is 2.38. The number of nitrogens with two attached hydrogens (primary N) is 1. The topological polar surface area (TPSA) is 29.3 Å². The molecule has 1 rings (SSSR count). The highest BCUT2D eigenvalue weighted by molar-refractivity contribution is 7.98. The molecule has 0 saturated heterocycles. The lowest BCUT2D eigenvalue weighted by atomic mass is 9.98. The molecule has 0 spiro atoms. The first-order chi connectivity index (χ1) is 9.01. The molecule has 19 heavy (non-hydrogen) atoms. The highest BCUT2D eigenvalue weighted by Crippen LogP contribution is 2.25. The fraction of sp³-hybridized carbons (Fsp3) is 0.600. The van der Waals surface area contributed by atoms with Crippen molar-refractivity contribution in [2.45, 2.75) is 32.4 Å². The molecular weight excluding hydrogens is 259 g/mol. The molecule has 0 aliphatic carbocycles. The van der Waals surface area contributed by atoms with Crippen LogP contribution in [0.25, 0.3) is 0 Å². The van der Waals surface area contributed by atoms with Crippen LogP contribution in [0.1, 0.15) is 30.5 Å². The molecule has 1 aromatic carbocycles. The minimum atomic E-state index is -0.185. The van der Waals surface area contributed by atoms with E-state index in [1.807, 2.05) is 24.8 Å². The van der Waals surface area contributed by atoms with Crippen molar-refractivity contribution in [3.8, 4) is 0 Å². The number of likely N-dealkylation sites (N-methyl/N-ethyl adjacent to an activating group) is 1. The average molecular weight is 284 g/mol. The summed E-state index contributed by atoms with van der Waals surface area (Å²) in [5, 5.41) is 0. The standard InChI is InChI=1S/C15H25FN2S/c1-11-9-13(16)5-6-14(11)15(10-17)18(3)12(2)7-8-19-4/h5-6,9,12,15H,7-8,10,17H2,1-4H3. The van der Waals surface area contributed by atoms with Gasteiger partial charge >= 0.3 is 0 Å². The molecule has 2 atom stereocenters. The summed E-state index contributed by atoms with van der Waals surface area (Å²) in [6.45, 7) is 4.71. The predicted octanol–water partition coefficient (Wildman–Crippen LogP) is 3.21. The lowest BCUT2D eigenvalue weighted by Crippen LogP contribution is -2.37. The van der Waals surface area contributed by atoms with Crippen LogP contribution >= 0.6 is 11.8 Å². The predicted molar refractivity (Wildman–Crippen MR) is 83.2 cm³/mol. The minimum absolute atomic E-state index is 0.150. The van der Waals surface area contributed by atoms with Gasteiger partial charge in [0.25, 0.3) is 0 Å². The third-order valence-corrected chi connectivity index (χ3v) is 4.38. The zero-order valence-electron chi connectivity index (χ0n) is 12.3. The summed E-state index contributed by atoms with van der Waals surface area (Å²) in [5.74, 6) is 0.959. The van der Waals surface area contributed by atoms with Crippen molar-refractivity contribution < 1.29 is 4.39 Å². The van der Waals surface area contributed by atoms with E-state index in [0.29, 0.717) is 12.6 Å². The van der Waals surface area contributed by atoms with Gasteiger partial charge in [-0.05, 0) is 62.6 Å². The molecule has 2 nitrogen and oxygen atoms in total. The molecule has 0 fully saturated rings. The van der Waals surface area contributed by atoms with Gasteiger partial charge in [-0.15, -0.1) is 0 Å². The SMILES string of the molecule is CSCCC(C)N(C)C(CN)c1ccc(F)cc1C. The van der Waals surface area contributed by atoms with E-state index >= 15 is 0 Å². The largest absolute Gasteiger partial charge is 0.329 e. The van der Waals surface area contributed by atoms with Gasteiger partial charge in [0.05, 0.1) is 0 Å². The second-order valence-corrected chi connectivity index (χ2v) is 6.03. The van der Waals surface area contributed by atoms with Gasteiger partial charge in [-0.3, -0.25) is 4.90 Å². The number of rotatable bonds is 7. The van der Waals surface area contributed by atoms with E-state index in [1.165, 1.54) is 6.07 Å². The molecule has 2 unspecified atom stereocenters. The van der Waals surface area contributed by atoms with Crippen LogP contribution in [0.3, 0.4) is 0 Å². The third kappa shape index (κ3) is 4.48. The number of aryl methyl sites for hydroxylation is 1. The molecule has 0 aliphatic heterocycles. The molecule has 0 aromatic heterocycles. The Morgan fingerprint density at radius 3 is 2.63 bits per heavy atom. The minimum Gasteiger partial charge on any atom is -0.329 e. The van der Waals surface area contributed by atoms with Crippen molar-refractivity contribution in [1.29, 1.82) is 0 Å². The first-order valence-corrected chi connectivity index (χ1v) is 8.07. The lowest BCUT2D eigenvalue weighted by Gasteiger charge is -2.33. The lowest BCUT2D eigenvalue weighted by molar-refractivity contribution is 0.185. The van der Waals surface area contributed by atoms with Gasteiger partial charge < -0.3 is 5.73 Å². The van der Waals surface area contributed by atoms with Gasteiger partial charge in [0, 0.05) is 18.6 Å². The fourth-order valence-electron chi connectivity index (χ4n) is 2.32. The number of halogens is 1. The summed E-state index contributed by atoms with van der Waals surface area (Å²) in [7, 11) is 2.10. The number of nitrogens with zero attached hydrogens (tertiary/aromatic N) is 1. The van der Waals surface area contributed by atoms with Crippen LogP contribution in [-0.4, -0.2) is 36.5 Å². The van der Waals surface area contributed by atoms with Crippen LogP contribution in [0.2, 0.25) is 0 Å². The second kappa shape index (κ2) is 7.88. The normalized spacial score (nSPS) is 14.7. The maximum absolute atomic E-state index is 13.2. The maximum Gasteiger partial charge on any atom is 0.123 e. The van der Waals surface area contributed by atoms with Gasteiger partial charge in [0.2, 0.25) is 0 Å². The number of benzene rings is 1. The van der Waals surface area contributed by atoms with Crippen LogP contribution in [-0.2, 0) is 0 Å². The van der Waals surface area contributed by atoms with E-state index in [4.69, 9.17) is 5.73 Å². The van der Waals surface area contributed by atoms with Crippen molar-refractivity contribution in [1.82, 2.24) is 4.90 Å². The van der Waals surface area contributed by atoms with Crippen molar-refractivity contribution in [2.24, 2.45) is 5.73 Å². The molecule has 4 heteroatoms. The van der Waals surface area contributed by atoms with Crippen molar-refractivity contribution >= 4 is 11.8 Å². The Kier molecular flexibility index (Phi) is 6.83. The monoisotopic (exact) mass is 284 g/mol. The maximum atomic E-state index is 13.2. The smallest absolute Gasteiger partial charge is 0.123 e. The molecule has 0 saturated carbocycles. The van der Waals surface area contributed by atoms with Gasteiger partial charge in [-0.1, -0.05) is 6.07 Å². The van der Waals surface area contributed by atoms with Crippen LogP contribution in [0.15, 0.2) is 18.2 Å². The molecular formula is C15H25FN2S. The number of hydrogen-bond donors (Lipinski definition) is 1. The Hall–Kier alpha value is -0.580. The van der Waals surface area contributed by atoms with Gasteiger partial charge in [-0.2, -0.15) is 11.8 Å². The van der Waals surface area contributed by atoms with Gasteiger partial charge in [0.15, 0.2) is 0 Å². The van der Waals surface area contributed by atoms with Gasteiger partial charge in [0.1, 0.15) is 5.82 Å². The van der Waals surface area contributed by atoms with Crippen molar-refractivity contribution in [2.75, 3.05) is 25.6 Å². The zero-order valence-corrected chi connectivity index (χ0v) is 13.1. The van der Waals surface area contributed by atoms with E-state index in [9.17, 15) is 4.39 Å². The summed E-state index contributed by atoms with van der Waals surface area (Å²) in [4.78, 5) is 2.30. The van der Waals surface area contributed by atoms with E-state index in [-0.39, 0.29) is 11.9 Å². The highest BCUT2D eigenvalue weighted by Gasteiger charge is 2.21. The Bertz CT molecular complexity index is 398. The van der Waals surface area contributed by atoms with E-state index in [2.05, 4.69) is 25.1 Å². The molecule has 0 amide bonds. The summed E-state index contributed by atoms with van der Waals surface area (Å²) in [6.07, 6.45) is 3.26. The second-order valence-electron chi connectivity index (χ2n) is 5.05. The van der Waals surface area contributed by atoms with Crippen LogP contribution < -0.4 is 5.73 Å². The molecule has 1 aromatic rings. The van der Waals surface area contributed by atoms with Crippen LogP contribution in [0.4, 0.5) is 4.39 Å². The van der Waals surface area contributed by atoms with Crippen LogP contribution in [0.5, 0.6) is 0 Å². The molecule has 0 aliphatic rings. The quantitative estimate of drug-likeness (QED) is 0.833. The van der Waals surface area contributed by atoms with Crippen LogP contribution in [0, 0.1) is 12.7 Å². The molecule has 0 bridgehead atoms. The summed E-state index contributed by atoms with van der Waals surface area (Å²) in [5.41, 5.74) is 8.04. The number of thioether (sulfide) groups is 1. The molecule has 0 heterocycles. The third-order valence-electron chi connectivity index (χ3n) is 3.74. The first kappa shape index (κ1) is 16.5. The number of hydrogen-bond acceptors (Lipinski definition) is 3. The molecule has 108 valence electrons. The van der Waals surface area contributed by atoms with E-state index in [1.54, 1.807) is 6.07 Å². The Morgan fingerprint density at radius 1 is 1.42 bits per heavy atom. The Morgan fingerprint density at radius 2 is 2.11 bits per heavy atom. The van der Waals surface area contributed by atoms with E-state index in [0.717, 1.165) is 23.3 Å². The summed E-state index contributed by atoms with van der Waals surface area (Å²) in [6, 6.07) is 5.58. The summed E-state index contributed by atoms with van der Waals surface area (Å²) >= 11 is 1.86. The summed E-state index contributed by atoms with van der Waals surface area (Å²) < 4.78 is 13.2. The van der Waals surface area contributed by atoms with E-state index < -0.39 is 0 Å². The Labute approximate surface area is 120 Å². The molecule has 2 N–H and O–H groups in total. The first-order valence-electron chi connectivity index (χ1n) is 6.68. The molecule has 0 radical (unpaired) electrons. The Balaban J connectivity index is 2.86. The highest BCUT2D eigenvalue weighted by atomic mass is 32.2. The fourth-order valence-corrected chi connectivity index (χ4v) is 2.90. The van der Waals surface area contributed by atoms with Crippen molar-refractivity contribution in [3.05, 3.63) is 35.1 Å². The van der Waals surface area contributed by atoms with Gasteiger partial charge in [-0.25, -0.2) is 4.39 Å².